The summed E-state index contributed by atoms with van der Waals surface area (Å²) in [4.78, 5) is 26.6. The van der Waals surface area contributed by atoms with Gasteiger partial charge in [-0.15, -0.1) is 11.8 Å². The smallest absolute Gasteiger partial charge is 0.306 e. The number of thioether (sulfide) groups is 1. The van der Waals surface area contributed by atoms with Crippen molar-refractivity contribution >= 4 is 28.7 Å². The van der Waals surface area contributed by atoms with Gasteiger partial charge in [0.15, 0.2) is 0 Å². The molecule has 1 heterocycles. The summed E-state index contributed by atoms with van der Waals surface area (Å²) in [5, 5.41) is 20.6. The summed E-state index contributed by atoms with van der Waals surface area (Å²) in [7, 11) is 1.31. The number of hydrogen-bond acceptors (Lipinski definition) is 7. The Labute approximate surface area is 194 Å². The van der Waals surface area contributed by atoms with Crippen LogP contribution in [0.3, 0.4) is 0 Å². The number of benzene rings is 3. The number of phenolic OH excluding ortho intramolecular Hbond substituents is 2. The molecule has 1 aromatic heterocycles. The fourth-order valence-corrected chi connectivity index (χ4v) is 4.27. The second kappa shape index (κ2) is 9.42. The zero-order chi connectivity index (χ0) is 23.5. The Morgan fingerprint density at radius 2 is 1.73 bits per heavy atom. The van der Waals surface area contributed by atoms with E-state index in [9.17, 15) is 19.8 Å². The Bertz CT molecular complexity index is 1360. The number of methoxy groups -OCH3 is 1. The summed E-state index contributed by atoms with van der Waals surface area (Å²) < 4.78 is 10.8. The average molecular weight is 463 g/mol. The molecular weight excluding hydrogens is 440 g/mol. The van der Waals surface area contributed by atoms with E-state index in [1.54, 1.807) is 23.9 Å². The molecular formula is C26H22O6S. The molecule has 0 spiro atoms. The molecule has 0 fully saturated rings. The number of hydrogen-bond donors (Lipinski definition) is 2. The summed E-state index contributed by atoms with van der Waals surface area (Å²) >= 11 is 1.59. The number of ether oxygens (including phenoxy) is 1. The van der Waals surface area contributed by atoms with Crippen molar-refractivity contribution in [2.75, 3.05) is 13.4 Å². The Morgan fingerprint density at radius 3 is 2.36 bits per heavy atom. The molecule has 0 radical (unpaired) electrons. The molecule has 0 unspecified atom stereocenters. The van der Waals surface area contributed by atoms with Gasteiger partial charge in [-0.2, -0.15) is 0 Å². The summed E-state index contributed by atoms with van der Waals surface area (Å²) in [6.07, 6.45) is 3.27. The molecule has 33 heavy (non-hydrogen) atoms. The van der Waals surface area contributed by atoms with E-state index < -0.39 is 11.9 Å². The van der Waals surface area contributed by atoms with Crippen molar-refractivity contribution in [2.24, 2.45) is 0 Å². The van der Waals surface area contributed by atoms with Crippen LogP contribution in [0, 0.1) is 0 Å². The van der Waals surface area contributed by atoms with Crippen LogP contribution in [-0.2, 0) is 9.53 Å². The Kier molecular flexibility index (Phi) is 6.42. The molecule has 7 heteroatoms. The van der Waals surface area contributed by atoms with Gasteiger partial charge in [0, 0.05) is 16.4 Å². The molecule has 0 amide bonds. The van der Waals surface area contributed by atoms with Crippen LogP contribution in [0.4, 0.5) is 0 Å². The van der Waals surface area contributed by atoms with Crippen molar-refractivity contribution in [2.45, 2.75) is 17.2 Å². The van der Waals surface area contributed by atoms with Crippen LogP contribution in [0.1, 0.15) is 23.5 Å². The third-order valence-corrected chi connectivity index (χ3v) is 6.34. The maximum Gasteiger partial charge on any atom is 0.306 e. The average Bonchev–Trinajstić information content (AvgIpc) is 2.84. The molecule has 168 valence electrons. The molecule has 4 aromatic rings. The van der Waals surface area contributed by atoms with Gasteiger partial charge in [0.05, 0.1) is 24.5 Å². The van der Waals surface area contributed by atoms with Crippen LogP contribution < -0.4 is 5.43 Å². The molecule has 3 aromatic carbocycles. The highest BCUT2D eigenvalue weighted by Crippen LogP contribution is 2.39. The van der Waals surface area contributed by atoms with E-state index in [1.807, 2.05) is 30.5 Å². The first-order valence-corrected chi connectivity index (χ1v) is 11.4. The fraction of sp³-hybridized carbons (Fsp3) is 0.154. The fourth-order valence-electron chi connectivity index (χ4n) is 3.86. The SMILES string of the molecule is COC(=O)C[C@@H](c1ccc(SC)cc1)c1c(O)ccc2c(=O)c(-c3ccc(O)cc3)coc12. The predicted octanol–water partition coefficient (Wildman–Crippen LogP) is 5.29. The van der Waals surface area contributed by atoms with E-state index in [2.05, 4.69) is 0 Å². The third-order valence-electron chi connectivity index (χ3n) is 5.60. The molecule has 4 rings (SSSR count). The quantitative estimate of drug-likeness (QED) is 0.297. The van der Waals surface area contributed by atoms with Gasteiger partial charge in [-0.05, 0) is 53.8 Å². The van der Waals surface area contributed by atoms with E-state index in [0.29, 0.717) is 16.7 Å². The van der Waals surface area contributed by atoms with E-state index in [-0.39, 0.29) is 34.3 Å². The number of aromatic hydroxyl groups is 2. The Hall–Kier alpha value is -3.71. The van der Waals surface area contributed by atoms with Crippen molar-refractivity contribution in [3.8, 4) is 22.6 Å². The lowest BCUT2D eigenvalue weighted by atomic mass is 9.86. The van der Waals surface area contributed by atoms with Crippen LogP contribution in [0.2, 0.25) is 0 Å². The van der Waals surface area contributed by atoms with Crippen LogP contribution in [0.5, 0.6) is 11.5 Å². The number of esters is 1. The van der Waals surface area contributed by atoms with E-state index in [1.165, 1.54) is 37.6 Å². The van der Waals surface area contributed by atoms with Crippen LogP contribution in [0.25, 0.3) is 22.1 Å². The number of carbonyl (C=O) groups is 1. The molecule has 0 saturated heterocycles. The maximum absolute atomic E-state index is 13.3. The number of fused-ring (bicyclic) bond motifs is 1. The van der Waals surface area contributed by atoms with Gasteiger partial charge < -0.3 is 19.4 Å². The molecule has 2 N–H and O–H groups in total. The normalized spacial score (nSPS) is 11.9. The highest BCUT2D eigenvalue weighted by molar-refractivity contribution is 7.98. The Morgan fingerprint density at radius 1 is 1.03 bits per heavy atom. The minimum absolute atomic E-state index is 0.0365. The first-order chi connectivity index (χ1) is 15.9. The zero-order valence-corrected chi connectivity index (χ0v) is 18.9. The van der Waals surface area contributed by atoms with Crippen molar-refractivity contribution in [1.29, 1.82) is 0 Å². The summed E-state index contributed by atoms with van der Waals surface area (Å²) in [5.41, 5.74) is 1.99. The van der Waals surface area contributed by atoms with E-state index in [0.717, 1.165) is 10.5 Å². The van der Waals surface area contributed by atoms with Gasteiger partial charge >= 0.3 is 5.97 Å². The van der Waals surface area contributed by atoms with Crippen molar-refractivity contribution in [1.82, 2.24) is 0 Å². The minimum atomic E-state index is -0.584. The molecule has 0 aliphatic rings. The lowest BCUT2D eigenvalue weighted by Crippen LogP contribution is -2.12. The highest BCUT2D eigenvalue weighted by atomic mass is 32.2. The Balaban J connectivity index is 1.91. The number of phenols is 2. The van der Waals surface area contributed by atoms with Crippen LogP contribution in [0.15, 0.2) is 81.0 Å². The molecule has 0 saturated carbocycles. The van der Waals surface area contributed by atoms with Crippen LogP contribution in [-0.4, -0.2) is 29.5 Å². The van der Waals surface area contributed by atoms with Gasteiger partial charge in [-0.3, -0.25) is 9.59 Å². The van der Waals surface area contributed by atoms with Crippen molar-refractivity contribution in [3.05, 3.63) is 88.3 Å². The lowest BCUT2D eigenvalue weighted by molar-refractivity contribution is -0.140. The summed E-state index contributed by atoms with van der Waals surface area (Å²) in [5.74, 6) is -1.02. The molecule has 0 aliphatic carbocycles. The van der Waals surface area contributed by atoms with Crippen molar-refractivity contribution in [3.63, 3.8) is 0 Å². The largest absolute Gasteiger partial charge is 0.508 e. The molecule has 1 atom stereocenters. The van der Waals surface area contributed by atoms with Gasteiger partial charge in [-0.1, -0.05) is 24.3 Å². The van der Waals surface area contributed by atoms with Gasteiger partial charge in [0.2, 0.25) is 5.43 Å². The van der Waals surface area contributed by atoms with E-state index >= 15 is 0 Å². The lowest BCUT2D eigenvalue weighted by Gasteiger charge is -2.20. The molecule has 0 bridgehead atoms. The number of carbonyl (C=O) groups excluding carboxylic acids is 1. The predicted molar refractivity (Wildman–Crippen MR) is 128 cm³/mol. The molecule has 6 nitrogen and oxygen atoms in total. The van der Waals surface area contributed by atoms with Gasteiger partial charge in [0.25, 0.3) is 0 Å². The van der Waals surface area contributed by atoms with Gasteiger partial charge in [0.1, 0.15) is 23.3 Å². The van der Waals surface area contributed by atoms with Gasteiger partial charge in [-0.25, -0.2) is 0 Å². The summed E-state index contributed by atoms with van der Waals surface area (Å²) in [6.45, 7) is 0. The zero-order valence-electron chi connectivity index (χ0n) is 18.1. The number of rotatable bonds is 6. The van der Waals surface area contributed by atoms with E-state index in [4.69, 9.17) is 9.15 Å². The second-order valence-electron chi connectivity index (χ2n) is 7.51. The second-order valence-corrected chi connectivity index (χ2v) is 8.39. The minimum Gasteiger partial charge on any atom is -0.508 e. The third kappa shape index (κ3) is 4.45. The van der Waals surface area contributed by atoms with Crippen molar-refractivity contribution < 1.29 is 24.2 Å². The highest BCUT2D eigenvalue weighted by Gasteiger charge is 2.26. The maximum atomic E-state index is 13.3. The summed E-state index contributed by atoms with van der Waals surface area (Å²) in [6, 6.07) is 16.8. The molecule has 0 aliphatic heterocycles. The first kappa shape index (κ1) is 22.5. The standard InChI is InChI=1S/C26H22O6S/c1-31-23(29)13-20(15-5-9-18(33-2)10-6-15)24-22(28)12-11-19-25(30)21(14-32-26(19)24)16-3-7-17(27)8-4-16/h3-12,14,20,27-28H,13H2,1-2H3/t20-/m0/s1. The monoisotopic (exact) mass is 462 g/mol. The topological polar surface area (TPSA) is 97.0 Å². The first-order valence-electron chi connectivity index (χ1n) is 10.2. The van der Waals surface area contributed by atoms with Crippen LogP contribution >= 0.6 is 11.8 Å².